The van der Waals surface area contributed by atoms with Gasteiger partial charge in [0.2, 0.25) is 0 Å². The molecule has 0 atom stereocenters. The molecule has 0 aliphatic heterocycles. The summed E-state index contributed by atoms with van der Waals surface area (Å²) in [7, 11) is 1.59. The second kappa shape index (κ2) is 7.22. The molecular formula is C18H17NO3. The number of methoxy groups -OCH3 is 1. The number of aliphatic carboxylic acids is 1. The largest absolute Gasteiger partial charge is 0.497 e. The number of aliphatic imine (C=N–C) groups is 1. The lowest BCUT2D eigenvalue weighted by molar-refractivity contribution is -0.132. The van der Waals surface area contributed by atoms with Crippen molar-refractivity contribution in [3.05, 3.63) is 71.3 Å². The zero-order valence-corrected chi connectivity index (χ0v) is 12.5. The molecule has 4 heteroatoms. The predicted molar refractivity (Wildman–Crippen MR) is 87.3 cm³/mol. The minimum Gasteiger partial charge on any atom is -0.497 e. The molecule has 0 spiro atoms. The number of hydrogen-bond acceptors (Lipinski definition) is 3. The fourth-order valence-corrected chi connectivity index (χ4v) is 1.92. The monoisotopic (exact) mass is 295 g/mol. The van der Waals surface area contributed by atoms with Crippen molar-refractivity contribution >= 4 is 17.9 Å². The fraction of sp³-hybridized carbons (Fsp3) is 0.111. The third kappa shape index (κ3) is 3.82. The lowest BCUT2D eigenvalue weighted by Gasteiger charge is -2.07. The average Bonchev–Trinajstić information content (AvgIpc) is 2.56. The molecule has 0 fully saturated rings. The summed E-state index contributed by atoms with van der Waals surface area (Å²) >= 11 is 0. The summed E-state index contributed by atoms with van der Waals surface area (Å²) in [5, 5.41) is 9.26. The van der Waals surface area contributed by atoms with Gasteiger partial charge in [0, 0.05) is 11.8 Å². The Labute approximate surface area is 129 Å². The summed E-state index contributed by atoms with van der Waals surface area (Å²) in [4.78, 5) is 15.7. The number of nitrogens with zero attached hydrogens (tertiary/aromatic N) is 1. The van der Waals surface area contributed by atoms with Gasteiger partial charge in [0.25, 0.3) is 0 Å². The van der Waals surface area contributed by atoms with Gasteiger partial charge in [-0.1, -0.05) is 30.3 Å². The SMILES string of the molecule is COc1ccc(C(N=Cc2ccccc2)=C(C)C(=O)O)cc1. The molecule has 0 bridgehead atoms. The molecule has 0 heterocycles. The number of ether oxygens (including phenoxy) is 1. The highest BCUT2D eigenvalue weighted by atomic mass is 16.5. The molecular weight excluding hydrogens is 278 g/mol. The molecule has 1 N–H and O–H groups in total. The zero-order chi connectivity index (χ0) is 15.9. The molecule has 0 radical (unpaired) electrons. The maximum atomic E-state index is 11.3. The molecule has 0 aliphatic rings. The molecule has 0 amide bonds. The van der Waals surface area contributed by atoms with Gasteiger partial charge in [-0.25, -0.2) is 4.79 Å². The van der Waals surface area contributed by atoms with Crippen molar-refractivity contribution in [1.29, 1.82) is 0 Å². The van der Waals surface area contributed by atoms with Crippen molar-refractivity contribution in [2.45, 2.75) is 6.92 Å². The second-order valence-corrected chi connectivity index (χ2v) is 4.68. The number of rotatable bonds is 5. The number of carboxylic acids is 1. The molecule has 112 valence electrons. The van der Waals surface area contributed by atoms with E-state index in [4.69, 9.17) is 4.74 Å². The Morgan fingerprint density at radius 2 is 1.73 bits per heavy atom. The molecule has 22 heavy (non-hydrogen) atoms. The Morgan fingerprint density at radius 1 is 1.09 bits per heavy atom. The number of hydrogen-bond donors (Lipinski definition) is 1. The number of carbonyl (C=O) groups is 1. The van der Waals surface area contributed by atoms with E-state index in [0.717, 1.165) is 11.1 Å². The summed E-state index contributed by atoms with van der Waals surface area (Å²) in [6.45, 7) is 1.55. The quantitative estimate of drug-likeness (QED) is 0.677. The first kappa shape index (κ1) is 15.5. The smallest absolute Gasteiger partial charge is 0.333 e. The van der Waals surface area contributed by atoms with E-state index in [0.29, 0.717) is 11.4 Å². The van der Waals surface area contributed by atoms with Crippen molar-refractivity contribution in [3.8, 4) is 5.75 Å². The molecule has 0 saturated carbocycles. The maximum absolute atomic E-state index is 11.3. The molecule has 0 unspecified atom stereocenters. The molecule has 0 aliphatic carbocycles. The molecule has 2 aromatic carbocycles. The van der Waals surface area contributed by atoms with Gasteiger partial charge in [-0.15, -0.1) is 0 Å². The first-order chi connectivity index (χ1) is 10.6. The van der Waals surface area contributed by atoms with Crippen LogP contribution >= 0.6 is 0 Å². The van der Waals surface area contributed by atoms with Crippen LogP contribution in [0.25, 0.3) is 5.70 Å². The summed E-state index contributed by atoms with van der Waals surface area (Å²) in [6.07, 6.45) is 1.66. The Bertz CT molecular complexity index is 701. The minimum absolute atomic E-state index is 0.192. The van der Waals surface area contributed by atoms with E-state index in [-0.39, 0.29) is 5.57 Å². The van der Waals surface area contributed by atoms with Crippen LogP contribution < -0.4 is 4.74 Å². The van der Waals surface area contributed by atoms with Crippen LogP contribution in [0.1, 0.15) is 18.1 Å². The van der Waals surface area contributed by atoms with Crippen molar-refractivity contribution in [2.75, 3.05) is 7.11 Å². The van der Waals surface area contributed by atoms with Crippen LogP contribution in [0.2, 0.25) is 0 Å². The third-order valence-corrected chi connectivity index (χ3v) is 3.18. The Kier molecular flexibility index (Phi) is 5.09. The predicted octanol–water partition coefficient (Wildman–Crippen LogP) is 3.63. The lowest BCUT2D eigenvalue weighted by atomic mass is 10.1. The van der Waals surface area contributed by atoms with Crippen LogP contribution in [0.4, 0.5) is 0 Å². The van der Waals surface area contributed by atoms with E-state index >= 15 is 0 Å². The Morgan fingerprint density at radius 3 is 2.27 bits per heavy atom. The van der Waals surface area contributed by atoms with Gasteiger partial charge in [0.1, 0.15) is 5.75 Å². The molecule has 2 aromatic rings. The first-order valence-corrected chi connectivity index (χ1v) is 6.79. The second-order valence-electron chi connectivity index (χ2n) is 4.68. The summed E-state index contributed by atoms with van der Waals surface area (Å²) in [6, 6.07) is 16.7. The molecule has 4 nitrogen and oxygen atoms in total. The Hall–Kier alpha value is -2.88. The summed E-state index contributed by atoms with van der Waals surface area (Å²) in [5.74, 6) is -0.279. The maximum Gasteiger partial charge on any atom is 0.333 e. The van der Waals surface area contributed by atoms with E-state index in [1.165, 1.54) is 0 Å². The standard InChI is InChI=1S/C18H17NO3/c1-13(18(20)21)17(15-8-10-16(22-2)11-9-15)19-12-14-6-4-3-5-7-14/h3-12H,1-2H3,(H,20,21). The lowest BCUT2D eigenvalue weighted by Crippen LogP contribution is -2.00. The molecule has 0 aromatic heterocycles. The van der Waals surface area contributed by atoms with Crippen LogP contribution in [0, 0.1) is 0 Å². The normalized spacial score (nSPS) is 12.1. The highest BCUT2D eigenvalue weighted by Crippen LogP contribution is 2.23. The zero-order valence-electron chi connectivity index (χ0n) is 12.5. The van der Waals surface area contributed by atoms with Gasteiger partial charge in [-0.3, -0.25) is 4.99 Å². The average molecular weight is 295 g/mol. The van der Waals surface area contributed by atoms with Crippen LogP contribution in [0.15, 0.2) is 65.2 Å². The minimum atomic E-state index is -0.990. The molecule has 2 rings (SSSR count). The van der Waals surface area contributed by atoms with Crippen molar-refractivity contribution < 1.29 is 14.6 Å². The van der Waals surface area contributed by atoms with Crippen LogP contribution in [-0.4, -0.2) is 24.4 Å². The topological polar surface area (TPSA) is 58.9 Å². The van der Waals surface area contributed by atoms with Gasteiger partial charge in [0.15, 0.2) is 0 Å². The van der Waals surface area contributed by atoms with Crippen molar-refractivity contribution in [3.63, 3.8) is 0 Å². The Balaban J connectivity index is 2.41. The van der Waals surface area contributed by atoms with Crippen LogP contribution in [0.3, 0.4) is 0 Å². The first-order valence-electron chi connectivity index (χ1n) is 6.79. The van der Waals surface area contributed by atoms with Gasteiger partial charge in [-0.2, -0.15) is 0 Å². The van der Waals surface area contributed by atoms with Crippen molar-refractivity contribution in [2.24, 2.45) is 4.99 Å². The van der Waals surface area contributed by atoms with Crippen molar-refractivity contribution in [1.82, 2.24) is 0 Å². The van der Waals surface area contributed by atoms with E-state index in [1.807, 2.05) is 30.3 Å². The van der Waals surface area contributed by atoms with E-state index in [9.17, 15) is 9.90 Å². The fourth-order valence-electron chi connectivity index (χ4n) is 1.92. The van der Waals surface area contributed by atoms with E-state index in [1.54, 1.807) is 44.5 Å². The van der Waals surface area contributed by atoms with Crippen LogP contribution in [-0.2, 0) is 4.79 Å². The van der Waals surface area contributed by atoms with Gasteiger partial charge >= 0.3 is 5.97 Å². The molecule has 0 saturated heterocycles. The highest BCUT2D eigenvalue weighted by molar-refractivity contribution is 5.98. The highest BCUT2D eigenvalue weighted by Gasteiger charge is 2.10. The van der Waals surface area contributed by atoms with E-state index in [2.05, 4.69) is 4.99 Å². The number of benzene rings is 2. The van der Waals surface area contributed by atoms with Gasteiger partial charge in [0.05, 0.1) is 18.4 Å². The van der Waals surface area contributed by atoms with Gasteiger partial charge in [-0.05, 0) is 36.8 Å². The van der Waals surface area contributed by atoms with Crippen LogP contribution in [0.5, 0.6) is 5.75 Å². The summed E-state index contributed by atoms with van der Waals surface area (Å²) < 4.78 is 5.12. The third-order valence-electron chi connectivity index (χ3n) is 3.18. The van der Waals surface area contributed by atoms with Gasteiger partial charge < -0.3 is 9.84 Å². The summed E-state index contributed by atoms with van der Waals surface area (Å²) in [5.41, 5.74) is 2.26. The number of carboxylic acid groups (broad SMARTS) is 1. The van der Waals surface area contributed by atoms with E-state index < -0.39 is 5.97 Å².